The van der Waals surface area contributed by atoms with Crippen LogP contribution in [-0.2, 0) is 9.53 Å². The highest BCUT2D eigenvalue weighted by Gasteiger charge is 2.32. The maximum Gasteiger partial charge on any atom is 0.339 e. The van der Waals surface area contributed by atoms with Crippen LogP contribution in [0.15, 0.2) is 18.2 Å². The zero-order valence-corrected chi connectivity index (χ0v) is 22.5. The van der Waals surface area contributed by atoms with Gasteiger partial charge in [0.15, 0.2) is 0 Å². The third kappa shape index (κ3) is 6.35. The number of amides is 1. The number of aromatic nitrogens is 1. The number of aryl methyl sites for hydroxylation is 1. The summed E-state index contributed by atoms with van der Waals surface area (Å²) >= 11 is 0. The van der Waals surface area contributed by atoms with Crippen LogP contribution in [0.25, 0.3) is 10.9 Å². The predicted molar refractivity (Wildman–Crippen MR) is 144 cm³/mol. The number of anilines is 1. The van der Waals surface area contributed by atoms with Crippen molar-refractivity contribution in [3.63, 3.8) is 0 Å². The maximum atomic E-state index is 12.6. The number of nitrogens with one attached hydrogen (secondary N) is 1. The van der Waals surface area contributed by atoms with Crippen LogP contribution in [-0.4, -0.2) is 46.8 Å². The second-order valence-corrected chi connectivity index (χ2v) is 11.3. The lowest BCUT2D eigenvalue weighted by molar-refractivity contribution is -0.132. The third-order valence-corrected chi connectivity index (χ3v) is 8.13. The fourth-order valence-corrected chi connectivity index (χ4v) is 6.07. The maximum absolute atomic E-state index is 12.6. The van der Waals surface area contributed by atoms with Crippen molar-refractivity contribution in [2.45, 2.75) is 90.9 Å². The Hall–Kier alpha value is -2.87. The molecule has 0 bridgehead atoms. The highest BCUT2D eigenvalue weighted by molar-refractivity contribution is 6.06. The minimum atomic E-state index is -1.10. The first kappa shape index (κ1) is 27.2. The molecule has 0 aliphatic heterocycles. The standard InChI is InChI=1S/C29H41N3O5/c1-16(2)21-13-8-17(3)14-24(21)36-15-25(33)32-19-9-11-20(12-10-19)37-23-7-5-6-22-27(23)28(30)26(29(34)35)18(4)31-22/h5-7,16-17,19-21,24H,8-15H2,1-4H3,(H2,30,31)(H,32,33)(H,34,35)/t17-,19-,20-,21+,24-/m1/s1. The van der Waals surface area contributed by atoms with Gasteiger partial charge in [-0.3, -0.25) is 9.78 Å². The molecule has 0 saturated heterocycles. The fraction of sp³-hybridized carbons (Fsp3) is 0.621. The monoisotopic (exact) mass is 511 g/mol. The number of fused-ring (bicyclic) bond motifs is 1. The van der Waals surface area contributed by atoms with Gasteiger partial charge in [0.2, 0.25) is 5.91 Å². The number of nitrogens with zero attached hydrogens (tertiary/aromatic N) is 1. The Bertz CT molecular complexity index is 1130. The Morgan fingerprint density at radius 1 is 1.16 bits per heavy atom. The number of hydrogen-bond donors (Lipinski definition) is 3. The molecule has 0 unspecified atom stereocenters. The Morgan fingerprint density at radius 3 is 2.57 bits per heavy atom. The summed E-state index contributed by atoms with van der Waals surface area (Å²) < 4.78 is 12.4. The van der Waals surface area contributed by atoms with Gasteiger partial charge in [-0.25, -0.2) is 4.79 Å². The quantitative estimate of drug-likeness (QED) is 0.450. The number of carbonyl (C=O) groups is 2. The molecule has 8 nitrogen and oxygen atoms in total. The molecular weight excluding hydrogens is 470 g/mol. The predicted octanol–water partition coefficient (Wildman–Crippen LogP) is 5.11. The number of nitrogens with two attached hydrogens (primary N) is 1. The number of carboxylic acid groups (broad SMARTS) is 1. The highest BCUT2D eigenvalue weighted by Crippen LogP contribution is 2.36. The van der Waals surface area contributed by atoms with E-state index in [0.717, 1.165) is 32.1 Å². The van der Waals surface area contributed by atoms with Crippen molar-refractivity contribution in [2.24, 2.45) is 17.8 Å². The number of ether oxygens (including phenoxy) is 2. The molecule has 3 atom stereocenters. The van der Waals surface area contributed by atoms with Crippen molar-refractivity contribution in [3.05, 3.63) is 29.5 Å². The van der Waals surface area contributed by atoms with E-state index in [1.807, 2.05) is 18.2 Å². The fourth-order valence-electron chi connectivity index (χ4n) is 6.07. The van der Waals surface area contributed by atoms with Gasteiger partial charge in [-0.15, -0.1) is 0 Å². The third-order valence-electron chi connectivity index (χ3n) is 8.13. The van der Waals surface area contributed by atoms with Crippen molar-refractivity contribution >= 4 is 28.5 Å². The highest BCUT2D eigenvalue weighted by atomic mass is 16.5. The van der Waals surface area contributed by atoms with E-state index in [1.54, 1.807) is 6.92 Å². The molecule has 202 valence electrons. The number of carbonyl (C=O) groups excluding carboxylic acids is 1. The molecule has 8 heteroatoms. The van der Waals surface area contributed by atoms with Gasteiger partial charge >= 0.3 is 5.97 Å². The molecule has 2 aliphatic rings. The number of rotatable bonds is 8. The first-order valence-electron chi connectivity index (χ1n) is 13.6. The largest absolute Gasteiger partial charge is 0.490 e. The summed E-state index contributed by atoms with van der Waals surface area (Å²) in [6, 6.07) is 5.56. The minimum Gasteiger partial charge on any atom is -0.490 e. The van der Waals surface area contributed by atoms with Crippen molar-refractivity contribution in [2.75, 3.05) is 12.3 Å². The Morgan fingerprint density at radius 2 is 1.89 bits per heavy atom. The number of nitrogen functional groups attached to an aromatic ring is 1. The summed E-state index contributed by atoms with van der Waals surface area (Å²) in [5, 5.41) is 13.3. The van der Waals surface area contributed by atoms with Gasteiger partial charge in [0.1, 0.15) is 17.9 Å². The van der Waals surface area contributed by atoms with Crippen molar-refractivity contribution in [1.82, 2.24) is 10.3 Å². The van der Waals surface area contributed by atoms with E-state index in [-0.39, 0.29) is 42.0 Å². The lowest BCUT2D eigenvalue weighted by Gasteiger charge is -2.37. The smallest absolute Gasteiger partial charge is 0.339 e. The van der Waals surface area contributed by atoms with E-state index < -0.39 is 5.97 Å². The second-order valence-electron chi connectivity index (χ2n) is 11.3. The molecule has 2 aliphatic carbocycles. The Kier molecular flexibility index (Phi) is 8.57. The average Bonchev–Trinajstić information content (AvgIpc) is 2.83. The Balaban J connectivity index is 1.31. The van der Waals surface area contributed by atoms with Gasteiger partial charge in [0.25, 0.3) is 0 Å². The van der Waals surface area contributed by atoms with Crippen LogP contribution in [0.2, 0.25) is 0 Å². The molecule has 0 spiro atoms. The van der Waals surface area contributed by atoms with E-state index in [0.29, 0.717) is 40.1 Å². The van der Waals surface area contributed by atoms with Crippen LogP contribution in [0, 0.1) is 24.7 Å². The zero-order valence-electron chi connectivity index (χ0n) is 22.5. The van der Waals surface area contributed by atoms with Crippen LogP contribution in [0.3, 0.4) is 0 Å². The van der Waals surface area contributed by atoms with E-state index in [9.17, 15) is 14.7 Å². The molecule has 1 amide bonds. The number of benzene rings is 1. The van der Waals surface area contributed by atoms with Crippen LogP contribution >= 0.6 is 0 Å². The lowest BCUT2D eigenvalue weighted by Crippen LogP contribution is -2.43. The van der Waals surface area contributed by atoms with E-state index in [2.05, 4.69) is 31.1 Å². The number of hydrogen-bond acceptors (Lipinski definition) is 6. The number of aromatic carboxylic acids is 1. The molecule has 0 radical (unpaired) electrons. The van der Waals surface area contributed by atoms with Gasteiger partial charge in [-0.2, -0.15) is 0 Å². The van der Waals surface area contributed by atoms with Crippen LogP contribution in [0.5, 0.6) is 5.75 Å². The van der Waals surface area contributed by atoms with E-state index in [4.69, 9.17) is 15.2 Å². The topological polar surface area (TPSA) is 124 Å². The Labute approximate surface area is 219 Å². The second kappa shape index (κ2) is 11.7. The normalized spacial score (nSPS) is 26.2. The number of pyridine rings is 1. The van der Waals surface area contributed by atoms with Crippen molar-refractivity contribution in [3.8, 4) is 5.75 Å². The molecule has 4 N–H and O–H groups in total. The first-order valence-corrected chi connectivity index (χ1v) is 13.6. The van der Waals surface area contributed by atoms with Gasteiger partial charge in [-0.05, 0) is 75.3 Å². The van der Waals surface area contributed by atoms with Crippen LogP contribution < -0.4 is 15.8 Å². The summed E-state index contributed by atoms with van der Waals surface area (Å²) in [6.45, 7) is 8.51. The average molecular weight is 512 g/mol. The zero-order chi connectivity index (χ0) is 26.7. The lowest BCUT2D eigenvalue weighted by atomic mass is 9.75. The molecular formula is C29H41N3O5. The first-order chi connectivity index (χ1) is 17.6. The van der Waals surface area contributed by atoms with E-state index in [1.165, 1.54) is 12.8 Å². The summed E-state index contributed by atoms with van der Waals surface area (Å²) in [5.74, 6) is 1.12. The van der Waals surface area contributed by atoms with Crippen molar-refractivity contribution < 1.29 is 24.2 Å². The molecule has 2 fully saturated rings. The summed E-state index contributed by atoms with van der Waals surface area (Å²) in [5.41, 5.74) is 7.45. The molecule has 37 heavy (non-hydrogen) atoms. The minimum absolute atomic E-state index is 0.0135. The molecule has 1 aromatic carbocycles. The van der Waals surface area contributed by atoms with Gasteiger partial charge < -0.3 is 25.6 Å². The van der Waals surface area contributed by atoms with Crippen molar-refractivity contribution in [1.29, 1.82) is 0 Å². The van der Waals surface area contributed by atoms with Crippen LogP contribution in [0.4, 0.5) is 5.69 Å². The van der Waals surface area contributed by atoms with E-state index >= 15 is 0 Å². The molecule has 2 saturated carbocycles. The summed E-state index contributed by atoms with van der Waals surface area (Å²) in [6.07, 6.45) is 6.73. The molecule has 2 aromatic rings. The van der Waals surface area contributed by atoms with Crippen LogP contribution in [0.1, 0.15) is 81.8 Å². The van der Waals surface area contributed by atoms with Gasteiger partial charge in [0, 0.05) is 6.04 Å². The molecule has 4 rings (SSSR count). The molecule has 1 heterocycles. The summed E-state index contributed by atoms with van der Waals surface area (Å²) in [4.78, 5) is 28.8. The number of carboxylic acids is 1. The molecule has 1 aromatic heterocycles. The van der Waals surface area contributed by atoms with Gasteiger partial charge in [0.05, 0.1) is 34.5 Å². The van der Waals surface area contributed by atoms with Gasteiger partial charge in [-0.1, -0.05) is 33.3 Å². The summed E-state index contributed by atoms with van der Waals surface area (Å²) in [7, 11) is 0. The SMILES string of the molecule is Cc1nc2cccc(O[C@H]3CC[C@H](NC(=O)CO[C@@H]4C[C@H](C)CC[C@H]4C(C)C)CC3)c2c(N)c1C(=O)O.